The van der Waals surface area contributed by atoms with Crippen LogP contribution in [0.15, 0.2) is 36.8 Å². The van der Waals surface area contributed by atoms with E-state index in [0.29, 0.717) is 6.61 Å². The van der Waals surface area contributed by atoms with Gasteiger partial charge in [-0.1, -0.05) is 12.1 Å². The number of ether oxygens (including phenoxy) is 1. The smallest absolute Gasteiger partial charge is 0.130 e. The summed E-state index contributed by atoms with van der Waals surface area (Å²) in [5, 5.41) is 0. The van der Waals surface area contributed by atoms with Crippen molar-refractivity contribution in [3.8, 4) is 5.75 Å². The van der Waals surface area contributed by atoms with Crippen LogP contribution in [0.1, 0.15) is 25.1 Å². The predicted octanol–water partition coefficient (Wildman–Crippen LogP) is 2.37. The van der Waals surface area contributed by atoms with Gasteiger partial charge in [0.2, 0.25) is 0 Å². The molecule has 19 heavy (non-hydrogen) atoms. The fourth-order valence-corrected chi connectivity index (χ4v) is 2.00. The number of nitrogens with two attached hydrogens (primary N) is 1. The van der Waals surface area contributed by atoms with Gasteiger partial charge >= 0.3 is 0 Å². The molecule has 0 aliphatic carbocycles. The van der Waals surface area contributed by atoms with Gasteiger partial charge in [0.1, 0.15) is 12.4 Å². The van der Waals surface area contributed by atoms with Crippen molar-refractivity contribution in [1.29, 1.82) is 0 Å². The summed E-state index contributed by atoms with van der Waals surface area (Å²) in [6, 6.07) is 8.30. The number of hydrogen-bond donors (Lipinski definition) is 1. The van der Waals surface area contributed by atoms with Crippen LogP contribution in [-0.4, -0.2) is 15.6 Å². The number of imidazole rings is 1. The van der Waals surface area contributed by atoms with Crippen LogP contribution in [-0.2, 0) is 19.6 Å². The average Bonchev–Trinajstić information content (AvgIpc) is 2.84. The highest BCUT2D eigenvalue weighted by molar-refractivity contribution is 5.27. The summed E-state index contributed by atoms with van der Waals surface area (Å²) >= 11 is 0. The molecule has 1 aromatic heterocycles. The molecule has 4 nitrogen and oxygen atoms in total. The Bertz CT molecular complexity index is 502. The van der Waals surface area contributed by atoms with Crippen LogP contribution in [0.25, 0.3) is 0 Å². The van der Waals surface area contributed by atoms with Crippen LogP contribution in [0.3, 0.4) is 0 Å². The fourth-order valence-electron chi connectivity index (χ4n) is 2.00. The summed E-state index contributed by atoms with van der Waals surface area (Å²) in [7, 11) is 0. The number of nitrogens with zero attached hydrogens (tertiary/aromatic N) is 2. The highest BCUT2D eigenvalue weighted by atomic mass is 16.5. The summed E-state index contributed by atoms with van der Waals surface area (Å²) in [5.74, 6) is 0.872. The lowest BCUT2D eigenvalue weighted by atomic mass is 10.1. The Morgan fingerprint density at radius 1 is 1.32 bits per heavy atom. The van der Waals surface area contributed by atoms with Gasteiger partial charge in [0, 0.05) is 12.6 Å². The summed E-state index contributed by atoms with van der Waals surface area (Å²) < 4.78 is 7.83. The van der Waals surface area contributed by atoms with E-state index in [1.807, 2.05) is 31.6 Å². The minimum atomic E-state index is 0.186. The Labute approximate surface area is 114 Å². The maximum Gasteiger partial charge on any atom is 0.130 e. The van der Waals surface area contributed by atoms with Crippen molar-refractivity contribution in [2.75, 3.05) is 0 Å². The molecule has 1 aromatic carbocycles. The molecule has 0 aliphatic heterocycles. The lowest BCUT2D eigenvalue weighted by Crippen LogP contribution is -2.17. The monoisotopic (exact) mass is 259 g/mol. The largest absolute Gasteiger partial charge is 0.487 e. The first-order valence-corrected chi connectivity index (χ1v) is 6.65. The van der Waals surface area contributed by atoms with E-state index >= 15 is 0 Å². The Morgan fingerprint density at radius 3 is 2.68 bits per heavy atom. The van der Waals surface area contributed by atoms with Gasteiger partial charge in [-0.2, -0.15) is 0 Å². The summed E-state index contributed by atoms with van der Waals surface area (Å²) in [6.45, 7) is 5.55. The molecule has 102 valence electrons. The number of hydrogen-bond acceptors (Lipinski definition) is 3. The first-order chi connectivity index (χ1) is 9.19. The Hall–Kier alpha value is -1.81. The molecule has 0 radical (unpaired) electrons. The Balaban J connectivity index is 1.93. The highest BCUT2D eigenvalue weighted by Crippen LogP contribution is 2.15. The molecule has 0 fully saturated rings. The lowest BCUT2D eigenvalue weighted by Gasteiger charge is -2.09. The predicted molar refractivity (Wildman–Crippen MR) is 76.0 cm³/mol. The first-order valence-electron chi connectivity index (χ1n) is 6.65. The molecule has 1 heterocycles. The van der Waals surface area contributed by atoms with Crippen LogP contribution < -0.4 is 10.5 Å². The average molecular weight is 259 g/mol. The van der Waals surface area contributed by atoms with Gasteiger partial charge in [-0.15, -0.1) is 0 Å². The molecule has 1 unspecified atom stereocenters. The minimum Gasteiger partial charge on any atom is -0.487 e. The molecule has 0 saturated heterocycles. The standard InChI is InChI=1S/C15H21N3O/c1-3-18-11-17-9-14(18)10-19-15-6-4-13(5-7-15)8-12(2)16/h4-7,9,11-12H,3,8,10,16H2,1-2H3. The van der Waals surface area contributed by atoms with Gasteiger partial charge in [0.25, 0.3) is 0 Å². The van der Waals surface area contributed by atoms with E-state index in [0.717, 1.165) is 24.4 Å². The van der Waals surface area contributed by atoms with E-state index in [-0.39, 0.29) is 6.04 Å². The molecule has 2 N–H and O–H groups in total. The van der Waals surface area contributed by atoms with Crippen molar-refractivity contribution in [2.45, 2.75) is 39.5 Å². The second-order valence-electron chi connectivity index (χ2n) is 4.79. The van der Waals surface area contributed by atoms with Crippen molar-refractivity contribution >= 4 is 0 Å². The highest BCUT2D eigenvalue weighted by Gasteiger charge is 2.02. The molecule has 0 amide bonds. The molecular weight excluding hydrogens is 238 g/mol. The van der Waals surface area contributed by atoms with Gasteiger partial charge in [-0.05, 0) is 38.0 Å². The van der Waals surface area contributed by atoms with Gasteiger partial charge in [0.05, 0.1) is 18.2 Å². The van der Waals surface area contributed by atoms with E-state index in [1.165, 1.54) is 5.56 Å². The van der Waals surface area contributed by atoms with Crippen LogP contribution in [0.2, 0.25) is 0 Å². The molecule has 0 spiro atoms. The number of rotatable bonds is 6. The van der Waals surface area contributed by atoms with E-state index < -0.39 is 0 Å². The third kappa shape index (κ3) is 3.83. The van der Waals surface area contributed by atoms with E-state index in [4.69, 9.17) is 10.5 Å². The maximum atomic E-state index is 5.78. The first kappa shape index (κ1) is 13.6. The summed E-state index contributed by atoms with van der Waals surface area (Å²) in [6.07, 6.45) is 4.56. The van der Waals surface area contributed by atoms with Crippen LogP contribution in [0.5, 0.6) is 5.75 Å². The second kappa shape index (κ2) is 6.38. The maximum absolute atomic E-state index is 5.78. The van der Waals surface area contributed by atoms with Crippen LogP contribution in [0.4, 0.5) is 0 Å². The number of benzene rings is 1. The quantitative estimate of drug-likeness (QED) is 0.866. The molecule has 0 saturated carbocycles. The van der Waals surface area contributed by atoms with Crippen molar-refractivity contribution in [1.82, 2.24) is 9.55 Å². The van der Waals surface area contributed by atoms with Gasteiger partial charge in [0.15, 0.2) is 0 Å². The topological polar surface area (TPSA) is 53.1 Å². The molecule has 2 aromatic rings. The molecule has 0 aliphatic rings. The normalized spacial score (nSPS) is 12.4. The minimum absolute atomic E-state index is 0.186. The Kier molecular flexibility index (Phi) is 4.58. The molecular formula is C15H21N3O. The van der Waals surface area contributed by atoms with Gasteiger partial charge in [-0.3, -0.25) is 0 Å². The van der Waals surface area contributed by atoms with Crippen molar-refractivity contribution < 1.29 is 4.74 Å². The van der Waals surface area contributed by atoms with Gasteiger partial charge in [-0.25, -0.2) is 4.98 Å². The van der Waals surface area contributed by atoms with Crippen LogP contribution >= 0.6 is 0 Å². The second-order valence-corrected chi connectivity index (χ2v) is 4.79. The van der Waals surface area contributed by atoms with E-state index in [9.17, 15) is 0 Å². The molecule has 1 atom stereocenters. The lowest BCUT2D eigenvalue weighted by molar-refractivity contribution is 0.295. The third-order valence-corrected chi connectivity index (χ3v) is 3.01. The molecule has 0 bridgehead atoms. The SMILES string of the molecule is CCn1cncc1COc1ccc(CC(C)N)cc1. The van der Waals surface area contributed by atoms with Crippen LogP contribution in [0, 0.1) is 0 Å². The van der Waals surface area contributed by atoms with E-state index in [2.05, 4.69) is 28.6 Å². The zero-order chi connectivity index (χ0) is 13.7. The van der Waals surface area contributed by atoms with Crippen molar-refractivity contribution in [3.05, 3.63) is 48.0 Å². The third-order valence-electron chi connectivity index (χ3n) is 3.01. The number of aromatic nitrogens is 2. The van der Waals surface area contributed by atoms with Crippen molar-refractivity contribution in [2.24, 2.45) is 5.73 Å². The van der Waals surface area contributed by atoms with Crippen molar-refractivity contribution in [3.63, 3.8) is 0 Å². The van der Waals surface area contributed by atoms with E-state index in [1.54, 1.807) is 0 Å². The fraction of sp³-hybridized carbons (Fsp3) is 0.400. The molecule has 4 heteroatoms. The summed E-state index contributed by atoms with van der Waals surface area (Å²) in [4.78, 5) is 4.12. The zero-order valence-corrected chi connectivity index (χ0v) is 11.5. The summed E-state index contributed by atoms with van der Waals surface area (Å²) in [5.41, 5.74) is 8.10. The number of aryl methyl sites for hydroxylation is 1. The zero-order valence-electron chi connectivity index (χ0n) is 11.5. The molecule has 2 rings (SSSR count). The Morgan fingerprint density at radius 2 is 2.05 bits per heavy atom. The van der Waals surface area contributed by atoms with Gasteiger partial charge < -0.3 is 15.0 Å².